The van der Waals surface area contributed by atoms with Gasteiger partial charge in [0, 0.05) is 44.4 Å². The SMILES string of the molecule is CN(c1ncc(C(=O)NCc2cccnc2)cn1)C1CCS(=O)(=O)C1. The van der Waals surface area contributed by atoms with Crippen LogP contribution in [-0.4, -0.2) is 53.9 Å². The van der Waals surface area contributed by atoms with E-state index in [-0.39, 0.29) is 23.5 Å². The van der Waals surface area contributed by atoms with Crippen LogP contribution >= 0.6 is 0 Å². The van der Waals surface area contributed by atoms with Crippen molar-refractivity contribution in [1.82, 2.24) is 20.3 Å². The number of nitrogens with zero attached hydrogens (tertiary/aromatic N) is 4. The minimum atomic E-state index is -2.97. The van der Waals surface area contributed by atoms with Gasteiger partial charge >= 0.3 is 0 Å². The first-order valence-corrected chi connectivity index (χ1v) is 9.69. The van der Waals surface area contributed by atoms with E-state index in [9.17, 15) is 13.2 Å². The molecule has 0 bridgehead atoms. The standard InChI is InChI=1S/C16H19N5O3S/c1-21(14-4-6-25(23,24)11-14)16-19-9-13(10-20-16)15(22)18-8-12-3-2-5-17-7-12/h2-3,5,7,9-10,14H,4,6,8,11H2,1H3,(H,18,22). The van der Waals surface area contributed by atoms with Crippen molar-refractivity contribution in [1.29, 1.82) is 0 Å². The van der Waals surface area contributed by atoms with Crippen molar-refractivity contribution in [3.05, 3.63) is 48.0 Å². The van der Waals surface area contributed by atoms with Crippen molar-refractivity contribution in [2.75, 3.05) is 23.5 Å². The number of hydrogen-bond acceptors (Lipinski definition) is 7. The number of carbonyl (C=O) groups is 1. The Hall–Kier alpha value is -2.55. The smallest absolute Gasteiger partial charge is 0.254 e. The molecule has 1 aliphatic rings. The second kappa shape index (κ2) is 7.14. The largest absolute Gasteiger partial charge is 0.348 e. The number of aromatic nitrogens is 3. The summed E-state index contributed by atoms with van der Waals surface area (Å²) in [6.07, 6.45) is 6.81. The summed E-state index contributed by atoms with van der Waals surface area (Å²) in [7, 11) is -1.20. The molecule has 3 heterocycles. The maximum absolute atomic E-state index is 12.1. The molecule has 1 N–H and O–H groups in total. The maximum atomic E-state index is 12.1. The van der Waals surface area contributed by atoms with Crippen LogP contribution in [0.4, 0.5) is 5.95 Å². The van der Waals surface area contributed by atoms with Crippen LogP contribution in [0.25, 0.3) is 0 Å². The van der Waals surface area contributed by atoms with Crippen LogP contribution in [0.2, 0.25) is 0 Å². The van der Waals surface area contributed by atoms with E-state index < -0.39 is 9.84 Å². The van der Waals surface area contributed by atoms with E-state index in [2.05, 4.69) is 20.3 Å². The average Bonchev–Trinajstić information content (AvgIpc) is 3.00. The van der Waals surface area contributed by atoms with Crippen LogP contribution in [0.1, 0.15) is 22.3 Å². The first-order chi connectivity index (χ1) is 11.9. The molecule has 0 aliphatic carbocycles. The molecule has 25 heavy (non-hydrogen) atoms. The van der Waals surface area contributed by atoms with Crippen molar-refractivity contribution in [2.45, 2.75) is 19.0 Å². The van der Waals surface area contributed by atoms with Crippen molar-refractivity contribution in [3.63, 3.8) is 0 Å². The fourth-order valence-electron chi connectivity index (χ4n) is 2.65. The van der Waals surface area contributed by atoms with Gasteiger partial charge in [-0.1, -0.05) is 6.07 Å². The third kappa shape index (κ3) is 4.30. The van der Waals surface area contributed by atoms with Crippen LogP contribution in [-0.2, 0) is 16.4 Å². The molecule has 1 amide bonds. The minimum absolute atomic E-state index is 0.111. The third-order valence-electron chi connectivity index (χ3n) is 4.15. The quantitative estimate of drug-likeness (QED) is 0.823. The Kier molecular flexibility index (Phi) is 4.93. The topological polar surface area (TPSA) is 105 Å². The number of hydrogen-bond donors (Lipinski definition) is 1. The Morgan fingerprint density at radius 1 is 1.32 bits per heavy atom. The highest BCUT2D eigenvalue weighted by Crippen LogP contribution is 2.19. The summed E-state index contributed by atoms with van der Waals surface area (Å²) < 4.78 is 23.2. The van der Waals surface area contributed by atoms with E-state index in [0.29, 0.717) is 24.5 Å². The first-order valence-electron chi connectivity index (χ1n) is 7.87. The zero-order valence-corrected chi connectivity index (χ0v) is 14.6. The molecule has 0 aromatic carbocycles. The van der Waals surface area contributed by atoms with Crippen molar-refractivity contribution in [2.24, 2.45) is 0 Å². The van der Waals surface area contributed by atoms with Crippen LogP contribution in [0.15, 0.2) is 36.9 Å². The summed E-state index contributed by atoms with van der Waals surface area (Å²) in [5.74, 6) is 0.434. The number of pyridine rings is 1. The fourth-order valence-corrected chi connectivity index (χ4v) is 4.43. The Morgan fingerprint density at radius 2 is 2.08 bits per heavy atom. The third-order valence-corrected chi connectivity index (χ3v) is 5.90. The van der Waals surface area contributed by atoms with Crippen molar-refractivity contribution in [3.8, 4) is 0 Å². The molecule has 0 saturated carbocycles. The van der Waals surface area contributed by atoms with Gasteiger partial charge in [0.15, 0.2) is 9.84 Å². The maximum Gasteiger partial charge on any atom is 0.254 e. The summed E-state index contributed by atoms with van der Waals surface area (Å²) >= 11 is 0. The van der Waals surface area contributed by atoms with Gasteiger partial charge in [-0.05, 0) is 18.1 Å². The van der Waals surface area contributed by atoms with Crippen LogP contribution in [0.5, 0.6) is 0 Å². The van der Waals surface area contributed by atoms with Gasteiger partial charge in [0.2, 0.25) is 5.95 Å². The molecule has 1 fully saturated rings. The lowest BCUT2D eigenvalue weighted by atomic mass is 10.2. The number of carbonyl (C=O) groups excluding carboxylic acids is 1. The Balaban J connectivity index is 1.60. The molecule has 1 aliphatic heterocycles. The molecule has 3 rings (SSSR count). The number of rotatable bonds is 5. The second-order valence-corrected chi connectivity index (χ2v) is 8.21. The number of nitrogens with one attached hydrogen (secondary N) is 1. The van der Waals surface area contributed by atoms with Gasteiger partial charge in [0.05, 0.1) is 17.1 Å². The summed E-state index contributed by atoms with van der Waals surface area (Å²) in [4.78, 5) is 26.3. The average molecular weight is 361 g/mol. The zero-order chi connectivity index (χ0) is 17.9. The van der Waals surface area contributed by atoms with Gasteiger partial charge in [0.1, 0.15) is 0 Å². The highest BCUT2D eigenvalue weighted by Gasteiger charge is 2.31. The van der Waals surface area contributed by atoms with Crippen LogP contribution < -0.4 is 10.2 Å². The summed E-state index contributed by atoms with van der Waals surface area (Å²) in [5.41, 5.74) is 1.25. The molecule has 132 valence electrons. The van der Waals surface area contributed by atoms with Gasteiger partial charge in [0.25, 0.3) is 5.91 Å². The molecule has 1 unspecified atom stereocenters. The molecule has 9 heteroatoms. The van der Waals surface area contributed by atoms with E-state index in [1.165, 1.54) is 12.4 Å². The predicted molar refractivity (Wildman–Crippen MR) is 92.9 cm³/mol. The molecule has 1 saturated heterocycles. The van der Waals surface area contributed by atoms with Gasteiger partial charge in [-0.25, -0.2) is 18.4 Å². The second-order valence-electron chi connectivity index (χ2n) is 5.98. The molecule has 2 aromatic rings. The minimum Gasteiger partial charge on any atom is -0.348 e. The van der Waals surface area contributed by atoms with E-state index >= 15 is 0 Å². The lowest BCUT2D eigenvalue weighted by Crippen LogP contribution is -2.34. The molecule has 2 aromatic heterocycles. The molecule has 0 spiro atoms. The molecule has 8 nitrogen and oxygen atoms in total. The lowest BCUT2D eigenvalue weighted by molar-refractivity contribution is 0.0950. The Morgan fingerprint density at radius 3 is 2.68 bits per heavy atom. The Bertz CT molecular complexity index is 840. The predicted octanol–water partition coefficient (Wildman–Crippen LogP) is 0.425. The fraction of sp³-hybridized carbons (Fsp3) is 0.375. The molecular formula is C16H19N5O3S. The van der Waals surface area contributed by atoms with Gasteiger partial charge in [-0.2, -0.15) is 0 Å². The monoisotopic (exact) mass is 361 g/mol. The highest BCUT2D eigenvalue weighted by atomic mass is 32.2. The van der Waals surface area contributed by atoms with E-state index in [0.717, 1.165) is 5.56 Å². The van der Waals surface area contributed by atoms with Crippen molar-refractivity contribution >= 4 is 21.7 Å². The van der Waals surface area contributed by atoms with Gasteiger partial charge in [-0.15, -0.1) is 0 Å². The van der Waals surface area contributed by atoms with E-state index in [1.54, 1.807) is 30.4 Å². The first kappa shape index (κ1) is 17.3. The number of sulfone groups is 1. The zero-order valence-electron chi connectivity index (χ0n) is 13.8. The normalized spacial score (nSPS) is 18.7. The highest BCUT2D eigenvalue weighted by molar-refractivity contribution is 7.91. The van der Waals surface area contributed by atoms with Gasteiger partial charge < -0.3 is 10.2 Å². The van der Waals surface area contributed by atoms with Crippen molar-refractivity contribution < 1.29 is 13.2 Å². The van der Waals surface area contributed by atoms with Gasteiger partial charge in [-0.3, -0.25) is 9.78 Å². The van der Waals surface area contributed by atoms with E-state index in [4.69, 9.17) is 0 Å². The summed E-state index contributed by atoms with van der Waals surface area (Å²) in [5, 5.41) is 2.78. The summed E-state index contributed by atoms with van der Waals surface area (Å²) in [6.45, 7) is 0.369. The lowest BCUT2D eigenvalue weighted by Gasteiger charge is -2.23. The van der Waals surface area contributed by atoms with Crippen LogP contribution in [0, 0.1) is 0 Å². The number of anilines is 1. The number of amides is 1. The Labute approximate surface area is 146 Å². The summed E-state index contributed by atoms with van der Waals surface area (Å²) in [6, 6.07) is 3.55. The van der Waals surface area contributed by atoms with Crippen LogP contribution in [0.3, 0.4) is 0 Å². The molecule has 1 atom stereocenters. The van der Waals surface area contributed by atoms with E-state index in [1.807, 2.05) is 6.07 Å². The molecular weight excluding hydrogens is 342 g/mol. The molecule has 0 radical (unpaired) electrons.